The summed E-state index contributed by atoms with van der Waals surface area (Å²) in [4.78, 5) is 20.7. The molecular weight excluding hydrogens is 540 g/mol. The van der Waals surface area contributed by atoms with Crippen LogP contribution in [0.5, 0.6) is 0 Å². The lowest BCUT2D eigenvalue weighted by atomic mass is 9.83. The minimum Gasteiger partial charge on any atom is -0.460 e. The molecule has 2 aliphatic carbocycles. The van der Waals surface area contributed by atoms with Gasteiger partial charge in [0.1, 0.15) is 6.10 Å². The third kappa shape index (κ3) is 6.75. The number of benzene rings is 3. The molecule has 2 unspecified atom stereocenters. The van der Waals surface area contributed by atoms with E-state index >= 15 is 0 Å². The number of aryl methyl sites for hydroxylation is 1. The monoisotopic (exact) mass is 588 g/mol. The van der Waals surface area contributed by atoms with E-state index in [1.165, 1.54) is 39.1 Å². The molecular formula is C40H48N2O2. The van der Waals surface area contributed by atoms with Gasteiger partial charge in [-0.05, 0) is 106 Å². The van der Waals surface area contributed by atoms with Gasteiger partial charge in [0.2, 0.25) is 0 Å². The fraction of sp³-hybridized carbons (Fsp3) is 0.400. The Morgan fingerprint density at radius 3 is 2.09 bits per heavy atom. The van der Waals surface area contributed by atoms with Crippen molar-refractivity contribution in [1.82, 2.24) is 0 Å². The SMILES string of the molecule is CCN(CC)c1ccc(C(=C2C=CC(=NC3CCCCC3OC(=O)C(C)(C)CC)c3ccccc32)c2ccc(C)cc2)cc1. The fourth-order valence-corrected chi connectivity index (χ4v) is 6.22. The number of hydrogen-bond acceptors (Lipinski definition) is 4. The Bertz CT molecular complexity index is 1540. The number of anilines is 1. The summed E-state index contributed by atoms with van der Waals surface area (Å²) < 4.78 is 6.13. The standard InChI is InChI=1S/C40H48N2O2/c1-7-40(5,6)39(43)44-37-17-13-12-16-36(37)41-35-27-26-34(32-14-10-11-15-33(32)35)38(29-20-18-28(4)19-21-29)30-22-24-31(25-23-30)42(8-2)9-3/h10-11,14-15,18-27,36-37H,7-9,12-13,16-17H2,1-6H3. The number of aliphatic imine (C=N–C) groups is 1. The maximum absolute atomic E-state index is 13.0. The zero-order valence-electron chi connectivity index (χ0n) is 27.4. The van der Waals surface area contributed by atoms with Gasteiger partial charge < -0.3 is 9.64 Å². The number of esters is 1. The van der Waals surface area contributed by atoms with Crippen molar-refractivity contribution >= 4 is 28.5 Å². The van der Waals surface area contributed by atoms with Crippen LogP contribution in [0.1, 0.15) is 94.5 Å². The van der Waals surface area contributed by atoms with Crippen LogP contribution < -0.4 is 4.90 Å². The van der Waals surface area contributed by atoms with Gasteiger partial charge in [0.15, 0.2) is 0 Å². The van der Waals surface area contributed by atoms with Crippen molar-refractivity contribution in [2.45, 2.75) is 85.8 Å². The highest BCUT2D eigenvalue weighted by molar-refractivity contribution is 6.19. The van der Waals surface area contributed by atoms with E-state index in [0.717, 1.165) is 56.5 Å². The molecule has 0 spiro atoms. The Morgan fingerprint density at radius 1 is 0.841 bits per heavy atom. The number of hydrogen-bond donors (Lipinski definition) is 0. The van der Waals surface area contributed by atoms with Crippen molar-refractivity contribution in [3.8, 4) is 0 Å². The summed E-state index contributed by atoms with van der Waals surface area (Å²) in [6.45, 7) is 14.5. The van der Waals surface area contributed by atoms with Crippen molar-refractivity contribution in [3.05, 3.63) is 113 Å². The second kappa shape index (κ2) is 13.8. The molecule has 4 nitrogen and oxygen atoms in total. The van der Waals surface area contributed by atoms with Crippen LogP contribution in [0.2, 0.25) is 0 Å². The smallest absolute Gasteiger partial charge is 0.311 e. The molecule has 2 atom stereocenters. The topological polar surface area (TPSA) is 41.9 Å². The molecule has 1 fully saturated rings. The number of carbonyl (C=O) groups excluding carboxylic acids is 1. The summed E-state index contributed by atoms with van der Waals surface area (Å²) in [7, 11) is 0. The highest BCUT2D eigenvalue weighted by atomic mass is 16.5. The number of ether oxygens (including phenoxy) is 1. The number of carbonyl (C=O) groups is 1. The molecule has 1 saturated carbocycles. The van der Waals surface area contributed by atoms with Crippen LogP contribution in [0.15, 0.2) is 89.9 Å². The molecule has 0 saturated heterocycles. The molecule has 3 aromatic carbocycles. The highest BCUT2D eigenvalue weighted by Gasteiger charge is 2.34. The molecule has 230 valence electrons. The summed E-state index contributed by atoms with van der Waals surface area (Å²) in [6.07, 6.45) is 8.94. The van der Waals surface area contributed by atoms with E-state index in [0.29, 0.717) is 0 Å². The van der Waals surface area contributed by atoms with E-state index in [1.807, 2.05) is 20.8 Å². The maximum Gasteiger partial charge on any atom is 0.311 e. The molecule has 0 heterocycles. The molecule has 4 heteroatoms. The summed E-state index contributed by atoms with van der Waals surface area (Å²) >= 11 is 0. The van der Waals surface area contributed by atoms with Gasteiger partial charge >= 0.3 is 5.97 Å². The molecule has 0 radical (unpaired) electrons. The first-order valence-electron chi connectivity index (χ1n) is 16.5. The van der Waals surface area contributed by atoms with E-state index in [-0.39, 0.29) is 18.1 Å². The summed E-state index contributed by atoms with van der Waals surface area (Å²) in [5.74, 6) is -0.114. The van der Waals surface area contributed by atoms with Gasteiger partial charge in [-0.2, -0.15) is 0 Å². The van der Waals surface area contributed by atoms with Crippen molar-refractivity contribution in [1.29, 1.82) is 0 Å². The van der Waals surface area contributed by atoms with Gasteiger partial charge in [-0.25, -0.2) is 0 Å². The first kappa shape index (κ1) is 31.5. The molecule has 5 rings (SSSR count). The minimum atomic E-state index is -0.484. The Labute approximate surface area is 264 Å². The molecule has 0 amide bonds. The lowest BCUT2D eigenvalue weighted by Crippen LogP contribution is -2.38. The van der Waals surface area contributed by atoms with Gasteiger partial charge in [0, 0.05) is 24.3 Å². The van der Waals surface area contributed by atoms with Crippen LogP contribution in [0.25, 0.3) is 11.1 Å². The molecule has 0 N–H and O–H groups in total. The Hall–Kier alpha value is -3.92. The second-order valence-corrected chi connectivity index (χ2v) is 12.8. The average molecular weight is 589 g/mol. The number of rotatable bonds is 9. The largest absolute Gasteiger partial charge is 0.460 e. The lowest BCUT2D eigenvalue weighted by molar-refractivity contribution is -0.162. The van der Waals surface area contributed by atoms with Crippen LogP contribution in [0.3, 0.4) is 0 Å². The van der Waals surface area contributed by atoms with Crippen molar-refractivity contribution in [2.75, 3.05) is 18.0 Å². The summed E-state index contributed by atoms with van der Waals surface area (Å²) in [6, 6.07) is 26.4. The molecule has 44 heavy (non-hydrogen) atoms. The minimum absolute atomic E-state index is 0.0391. The van der Waals surface area contributed by atoms with Crippen molar-refractivity contribution in [2.24, 2.45) is 10.4 Å². The molecule has 3 aromatic rings. The summed E-state index contributed by atoms with van der Waals surface area (Å²) in [5.41, 5.74) is 10.1. The van der Waals surface area contributed by atoms with E-state index in [4.69, 9.17) is 9.73 Å². The zero-order valence-corrected chi connectivity index (χ0v) is 27.4. The predicted octanol–water partition coefficient (Wildman–Crippen LogP) is 9.45. The number of fused-ring (bicyclic) bond motifs is 1. The van der Waals surface area contributed by atoms with Crippen molar-refractivity contribution in [3.63, 3.8) is 0 Å². The molecule has 0 aliphatic heterocycles. The third-order valence-electron chi connectivity index (χ3n) is 9.46. The average Bonchev–Trinajstić information content (AvgIpc) is 3.05. The first-order chi connectivity index (χ1) is 21.2. The van der Waals surface area contributed by atoms with E-state index in [9.17, 15) is 4.79 Å². The number of nitrogens with zero attached hydrogens (tertiary/aromatic N) is 2. The van der Waals surface area contributed by atoms with Gasteiger partial charge in [0.25, 0.3) is 0 Å². The Morgan fingerprint density at radius 2 is 1.45 bits per heavy atom. The van der Waals surface area contributed by atoms with Crippen LogP contribution in [0, 0.1) is 12.3 Å². The molecule has 0 aromatic heterocycles. The van der Waals surface area contributed by atoms with E-state index < -0.39 is 5.41 Å². The van der Waals surface area contributed by atoms with Crippen LogP contribution in [-0.2, 0) is 9.53 Å². The van der Waals surface area contributed by atoms with Crippen molar-refractivity contribution < 1.29 is 9.53 Å². The van der Waals surface area contributed by atoms with Crippen LogP contribution in [0.4, 0.5) is 5.69 Å². The Balaban J connectivity index is 1.58. The predicted molar refractivity (Wildman–Crippen MR) is 185 cm³/mol. The fourth-order valence-electron chi connectivity index (χ4n) is 6.22. The van der Waals surface area contributed by atoms with E-state index in [1.54, 1.807) is 0 Å². The Kier molecular flexibility index (Phi) is 9.88. The molecule has 0 bridgehead atoms. The zero-order chi connectivity index (χ0) is 31.3. The summed E-state index contributed by atoms with van der Waals surface area (Å²) in [5, 5.41) is 0. The highest BCUT2D eigenvalue weighted by Crippen LogP contribution is 2.38. The lowest BCUT2D eigenvalue weighted by Gasteiger charge is -2.32. The van der Waals surface area contributed by atoms with Crippen LogP contribution in [-0.4, -0.2) is 36.9 Å². The number of allylic oxidation sites excluding steroid dienone is 3. The quantitative estimate of drug-likeness (QED) is 0.234. The van der Waals surface area contributed by atoms with Gasteiger partial charge in [0.05, 0.1) is 17.2 Å². The maximum atomic E-state index is 13.0. The second-order valence-electron chi connectivity index (χ2n) is 12.8. The first-order valence-corrected chi connectivity index (χ1v) is 16.5. The van der Waals surface area contributed by atoms with E-state index in [2.05, 4.69) is 111 Å². The molecule has 2 aliphatic rings. The van der Waals surface area contributed by atoms with Gasteiger partial charge in [-0.1, -0.05) is 85.6 Å². The van der Waals surface area contributed by atoms with Gasteiger partial charge in [-0.3, -0.25) is 9.79 Å². The normalized spacial score (nSPS) is 20.3. The van der Waals surface area contributed by atoms with Crippen LogP contribution >= 0.6 is 0 Å². The third-order valence-corrected chi connectivity index (χ3v) is 9.46. The van der Waals surface area contributed by atoms with Gasteiger partial charge in [-0.15, -0.1) is 0 Å².